The highest BCUT2D eigenvalue weighted by Crippen LogP contribution is 2.70. The van der Waals surface area contributed by atoms with Crippen LogP contribution in [0.4, 0.5) is 0 Å². The van der Waals surface area contributed by atoms with Gasteiger partial charge in [0.05, 0.1) is 31.8 Å². The van der Waals surface area contributed by atoms with E-state index >= 15 is 33.6 Å². The number of aliphatic hydroxyl groups is 9. The monoisotopic (exact) mass is 1590 g/mol. The molecule has 0 heterocycles. The van der Waals surface area contributed by atoms with E-state index in [4.69, 9.17) is 14.2 Å². The maximum atomic E-state index is 17.5. The van der Waals surface area contributed by atoms with E-state index in [1.807, 2.05) is 6.08 Å². The van der Waals surface area contributed by atoms with Crippen LogP contribution in [0.1, 0.15) is 409 Å². The molecule has 4 aliphatic rings. The first-order chi connectivity index (χ1) is 53.8. The zero-order valence-electron chi connectivity index (χ0n) is 71.8. The molecular weight excluding hydrogens is 1420 g/mol. The van der Waals surface area contributed by atoms with E-state index in [1.54, 1.807) is 6.92 Å². The van der Waals surface area contributed by atoms with Crippen LogP contribution in [-0.4, -0.2) is 156 Å². The molecule has 3 fully saturated rings. The van der Waals surface area contributed by atoms with E-state index in [-0.39, 0.29) is 49.4 Å². The topological polar surface area (TPSA) is 329 Å². The molecule has 6 unspecified atom stereocenters. The summed E-state index contributed by atoms with van der Waals surface area (Å²) in [6.07, 6.45) is 32.3. The lowest BCUT2D eigenvalue weighted by molar-refractivity contribution is -0.341. The van der Waals surface area contributed by atoms with Crippen molar-refractivity contribution in [2.75, 3.05) is 26.4 Å². The van der Waals surface area contributed by atoms with Gasteiger partial charge in [0.15, 0.2) is 23.1 Å². The molecule has 0 aromatic rings. The normalized spacial score (nSPS) is 24.6. The average molecular weight is 1590 g/mol. The van der Waals surface area contributed by atoms with Gasteiger partial charge in [-0.3, -0.25) is 33.6 Å². The van der Waals surface area contributed by atoms with Crippen LogP contribution in [-0.2, 0) is 47.8 Å². The van der Waals surface area contributed by atoms with Crippen LogP contribution in [0.15, 0.2) is 11.6 Å². The minimum Gasteiger partial charge on any atom is -0.451 e. The highest BCUT2D eigenvalue weighted by atomic mass is 16.8. The van der Waals surface area contributed by atoms with Gasteiger partial charge in [-0.2, -0.15) is 0 Å². The van der Waals surface area contributed by atoms with Gasteiger partial charge in [-0.25, -0.2) is 0 Å². The number of esters is 3. The molecule has 0 aromatic heterocycles. The molecule has 0 radical (unpaired) electrons. The first-order valence-electron chi connectivity index (χ1n) is 46.2. The molecule has 650 valence electrons. The number of allylic oxidation sites excluding steroid dienone is 1. The molecule has 3 saturated carbocycles. The van der Waals surface area contributed by atoms with Crippen LogP contribution in [0.25, 0.3) is 0 Å². The number of unbranched alkanes of at least 4 members (excludes halogenated alkanes) is 40. The number of carbonyl (C=O) groups excluding carboxylic acids is 7. The molecule has 9 N–H and O–H groups in total. The van der Waals surface area contributed by atoms with E-state index in [9.17, 15) is 46.0 Å². The SMILES string of the molecule is CCCCCCCCCCCCCCCCCC(=O)OC1[C@@H](O)CC2=CC[C@H]3[C@@H]4CC[C@H]([C@H](C)CCCC(C)C)[C@@]4(C)CC[C@@H]3[C@@]2(C)C1(OC(=O)CCCCCCCCCCCCCCCCC)OC(=O)C(C(=O)C(O)CO)(C(=O)C(O)CO)C(CCCCCCCCCCCCCCC)(C(=O)C(O)CO)C(=O)C(O)CO. The Morgan fingerprint density at radius 2 is 0.812 bits per heavy atom. The molecule has 14 atom stereocenters. The summed E-state index contributed by atoms with van der Waals surface area (Å²) in [5, 5.41) is 104. The van der Waals surface area contributed by atoms with Gasteiger partial charge in [0.25, 0.3) is 0 Å². The second-order valence-electron chi connectivity index (χ2n) is 36.1. The summed E-state index contributed by atoms with van der Waals surface area (Å²) >= 11 is 0. The van der Waals surface area contributed by atoms with E-state index in [1.165, 1.54) is 116 Å². The molecular formula is C93H164O19. The third-order valence-electron chi connectivity index (χ3n) is 27.4. The van der Waals surface area contributed by atoms with Crippen molar-refractivity contribution in [1.29, 1.82) is 0 Å². The number of ketones is 4. The lowest BCUT2D eigenvalue weighted by Gasteiger charge is -2.64. The smallest absolute Gasteiger partial charge is 0.332 e. The van der Waals surface area contributed by atoms with Crippen molar-refractivity contribution in [2.24, 2.45) is 57.2 Å². The second-order valence-corrected chi connectivity index (χ2v) is 36.1. The van der Waals surface area contributed by atoms with Crippen LogP contribution < -0.4 is 0 Å². The van der Waals surface area contributed by atoms with Crippen molar-refractivity contribution >= 4 is 41.0 Å². The third-order valence-corrected chi connectivity index (χ3v) is 27.4. The maximum absolute atomic E-state index is 17.5. The highest BCUT2D eigenvalue weighted by Gasteiger charge is 2.80. The van der Waals surface area contributed by atoms with Crippen molar-refractivity contribution < 1.29 is 93.7 Å². The van der Waals surface area contributed by atoms with E-state index in [2.05, 4.69) is 48.5 Å². The minimum absolute atomic E-state index is 0.00519. The standard InChI is InChI=1S/C93H164O19/c1-9-12-15-18-21-24-27-30-32-34-37-40-43-46-49-55-81(103)110-87-76(98)64-71-57-58-72-74-60-59-73(70(6)54-52-53-69(4)5)89(74,7)63-61-75(72)90(71,8)93(87,111-82(104)56-50-47-44-41-38-35-33-31-28-25-22-19-16-13-10-2)112-88(109)92(85(107)79(101)67-96,86(108)80(102)68-97)91(83(105)77(99)65-94,84(106)78(100)66-95)62-51-48-45-42-39-36-29-26-23-20-17-14-11-3/h57,69-70,72-80,87,94-102H,9-56,58-68H2,1-8H3/t70-,72+,73-,74+,75+,76+,77?,78?,79?,80?,87?,89-,90+,91?,92?,93?/m1/s1. The van der Waals surface area contributed by atoms with Gasteiger partial charge in [-0.15, -0.1) is 0 Å². The van der Waals surface area contributed by atoms with Gasteiger partial charge in [0.2, 0.25) is 11.5 Å². The highest BCUT2D eigenvalue weighted by molar-refractivity contribution is 6.33. The first kappa shape index (κ1) is 101. The average Bonchev–Trinajstić information content (AvgIpc) is 0.869. The first-order valence-corrected chi connectivity index (χ1v) is 46.2. The molecule has 0 spiro atoms. The predicted molar refractivity (Wildman–Crippen MR) is 441 cm³/mol. The minimum atomic E-state index is -4.46. The summed E-state index contributed by atoms with van der Waals surface area (Å²) in [6.45, 7) is 11.1. The van der Waals surface area contributed by atoms with E-state index < -0.39 is 145 Å². The summed E-state index contributed by atoms with van der Waals surface area (Å²) in [7, 11) is 0. The number of fused-ring (bicyclic) bond motifs is 5. The molecule has 0 aliphatic heterocycles. The molecule has 0 bridgehead atoms. The second kappa shape index (κ2) is 54.5. The summed E-state index contributed by atoms with van der Waals surface area (Å²) in [6, 6.07) is 0. The molecule has 19 nitrogen and oxygen atoms in total. The largest absolute Gasteiger partial charge is 0.451 e. The Balaban J connectivity index is 2.00. The van der Waals surface area contributed by atoms with E-state index in [0.717, 1.165) is 141 Å². The molecule has 112 heavy (non-hydrogen) atoms. The zero-order chi connectivity index (χ0) is 82.6. The fraction of sp³-hybridized carbons (Fsp3) is 0.903. The van der Waals surface area contributed by atoms with Crippen LogP contribution >= 0.6 is 0 Å². The molecule has 0 amide bonds. The summed E-state index contributed by atoms with van der Waals surface area (Å²) < 4.78 is 20.6. The predicted octanol–water partition coefficient (Wildman–Crippen LogP) is 18.0. The quantitative estimate of drug-likeness (QED) is 0.00898. The van der Waals surface area contributed by atoms with Crippen LogP contribution in [0.3, 0.4) is 0 Å². The van der Waals surface area contributed by atoms with Gasteiger partial charge in [0.1, 0.15) is 35.9 Å². The van der Waals surface area contributed by atoms with Crippen LogP contribution in [0, 0.1) is 57.2 Å². The van der Waals surface area contributed by atoms with Gasteiger partial charge in [-0.05, 0) is 106 Å². The number of ether oxygens (including phenoxy) is 3. The number of Topliss-reactive ketones (excluding diaryl/α,β-unsaturated/α-hetero) is 4. The maximum Gasteiger partial charge on any atom is 0.332 e. The Labute approximate surface area is 677 Å². The molecule has 4 rings (SSSR count). The van der Waals surface area contributed by atoms with Gasteiger partial charge in [-0.1, -0.05) is 343 Å². The zero-order valence-corrected chi connectivity index (χ0v) is 71.8. The summed E-state index contributed by atoms with van der Waals surface area (Å²) in [5.74, 6) is -15.5. The van der Waals surface area contributed by atoms with Crippen molar-refractivity contribution in [3.8, 4) is 0 Å². The van der Waals surface area contributed by atoms with Crippen molar-refractivity contribution in [2.45, 2.75) is 451 Å². The van der Waals surface area contributed by atoms with Crippen molar-refractivity contribution in [3.63, 3.8) is 0 Å². The lowest BCUT2D eigenvalue weighted by Crippen LogP contribution is -2.76. The van der Waals surface area contributed by atoms with Gasteiger partial charge >= 0.3 is 23.7 Å². The summed E-state index contributed by atoms with van der Waals surface area (Å²) in [5.41, 5.74) is -10.1. The molecule has 4 aliphatic carbocycles. The van der Waals surface area contributed by atoms with Gasteiger partial charge < -0.3 is 60.2 Å². The van der Waals surface area contributed by atoms with E-state index in [0.29, 0.717) is 74.7 Å². The number of hydrogen-bond donors (Lipinski definition) is 9. The molecule has 0 aromatic carbocycles. The lowest BCUT2D eigenvalue weighted by atomic mass is 9.45. The van der Waals surface area contributed by atoms with Crippen molar-refractivity contribution in [3.05, 3.63) is 11.6 Å². The molecule has 0 saturated heterocycles. The Morgan fingerprint density at radius 1 is 0.446 bits per heavy atom. The Morgan fingerprint density at radius 3 is 1.20 bits per heavy atom. The van der Waals surface area contributed by atoms with Crippen LogP contribution in [0.2, 0.25) is 0 Å². The Kier molecular flexibility index (Phi) is 49.1. The number of hydrogen-bond acceptors (Lipinski definition) is 19. The third kappa shape index (κ3) is 28.3. The molecule has 19 heteroatoms. The Hall–Kier alpha value is -3.53. The Bertz CT molecular complexity index is 2650. The van der Waals surface area contributed by atoms with Crippen molar-refractivity contribution in [1.82, 2.24) is 0 Å². The fourth-order valence-electron chi connectivity index (χ4n) is 20.8. The van der Waals surface area contributed by atoms with Gasteiger partial charge in [0, 0.05) is 12.8 Å². The fourth-order valence-corrected chi connectivity index (χ4v) is 20.8. The summed E-state index contributed by atoms with van der Waals surface area (Å²) in [4.78, 5) is 113. The number of rotatable bonds is 68. The number of aliphatic hydroxyl groups excluding tert-OH is 9. The van der Waals surface area contributed by atoms with Crippen LogP contribution in [0.5, 0.6) is 0 Å². The number of carbonyl (C=O) groups is 7.